The SMILES string of the molecule is CC[C@@H]1C(=O)N(C)c2cnc(-c3ccncc3CCC(=O)OC(C)(C)C)nc2N1C1CCCC1. The molecule has 34 heavy (non-hydrogen) atoms. The fourth-order valence-electron chi connectivity index (χ4n) is 4.99. The van der Waals surface area contributed by atoms with Gasteiger partial charge in [0.05, 0.1) is 6.20 Å². The summed E-state index contributed by atoms with van der Waals surface area (Å²) in [4.78, 5) is 43.2. The maximum absolute atomic E-state index is 13.1. The van der Waals surface area contributed by atoms with Crippen LogP contribution in [0.5, 0.6) is 0 Å². The van der Waals surface area contributed by atoms with Gasteiger partial charge in [0, 0.05) is 37.5 Å². The maximum Gasteiger partial charge on any atom is 0.306 e. The van der Waals surface area contributed by atoms with Gasteiger partial charge in [-0.05, 0) is 58.1 Å². The Kier molecular flexibility index (Phi) is 6.86. The third-order valence-electron chi connectivity index (χ3n) is 6.58. The summed E-state index contributed by atoms with van der Waals surface area (Å²) in [7, 11) is 1.80. The predicted octanol–water partition coefficient (Wildman–Crippen LogP) is 4.32. The van der Waals surface area contributed by atoms with Crippen LogP contribution in [0.4, 0.5) is 11.5 Å². The Morgan fingerprint density at radius 3 is 2.62 bits per heavy atom. The van der Waals surface area contributed by atoms with Crippen molar-refractivity contribution in [3.05, 3.63) is 30.2 Å². The Morgan fingerprint density at radius 1 is 1.21 bits per heavy atom. The number of fused-ring (bicyclic) bond motifs is 1. The van der Waals surface area contributed by atoms with Crippen LogP contribution in [0.15, 0.2) is 24.7 Å². The molecule has 182 valence electrons. The van der Waals surface area contributed by atoms with Gasteiger partial charge < -0.3 is 14.5 Å². The first-order valence-electron chi connectivity index (χ1n) is 12.3. The smallest absolute Gasteiger partial charge is 0.306 e. The van der Waals surface area contributed by atoms with Crippen LogP contribution >= 0.6 is 0 Å². The van der Waals surface area contributed by atoms with Gasteiger partial charge in [0.2, 0.25) is 5.91 Å². The lowest BCUT2D eigenvalue weighted by atomic mass is 10.0. The van der Waals surface area contributed by atoms with Gasteiger partial charge >= 0.3 is 5.97 Å². The van der Waals surface area contributed by atoms with Crippen LogP contribution < -0.4 is 9.80 Å². The molecule has 2 aliphatic rings. The Morgan fingerprint density at radius 2 is 1.94 bits per heavy atom. The molecule has 0 unspecified atom stereocenters. The molecular formula is C26H35N5O3. The van der Waals surface area contributed by atoms with E-state index in [9.17, 15) is 9.59 Å². The third kappa shape index (κ3) is 4.91. The molecule has 3 heterocycles. The topological polar surface area (TPSA) is 88.5 Å². The zero-order valence-electron chi connectivity index (χ0n) is 20.9. The van der Waals surface area contributed by atoms with Gasteiger partial charge in [-0.1, -0.05) is 19.8 Å². The fraction of sp³-hybridized carbons (Fsp3) is 0.577. The Bertz CT molecular complexity index is 1060. The Balaban J connectivity index is 1.68. The highest BCUT2D eigenvalue weighted by molar-refractivity contribution is 6.04. The number of carbonyl (C=O) groups excluding carboxylic acids is 2. The molecule has 1 aliphatic carbocycles. The minimum Gasteiger partial charge on any atom is -0.460 e. The molecule has 1 fully saturated rings. The number of anilines is 2. The average molecular weight is 466 g/mol. The summed E-state index contributed by atoms with van der Waals surface area (Å²) in [6, 6.07) is 1.99. The van der Waals surface area contributed by atoms with E-state index in [0.29, 0.717) is 18.3 Å². The fourth-order valence-corrected chi connectivity index (χ4v) is 4.99. The van der Waals surface area contributed by atoms with Crippen LogP contribution in [0, 0.1) is 0 Å². The minimum absolute atomic E-state index is 0.0974. The molecular weight excluding hydrogens is 430 g/mol. The summed E-state index contributed by atoms with van der Waals surface area (Å²) in [6.45, 7) is 7.65. The molecule has 1 saturated carbocycles. The number of aromatic nitrogens is 3. The zero-order valence-corrected chi connectivity index (χ0v) is 20.9. The van der Waals surface area contributed by atoms with Gasteiger partial charge in [-0.25, -0.2) is 9.97 Å². The lowest BCUT2D eigenvalue weighted by Crippen LogP contribution is -2.55. The Labute approximate surface area is 201 Å². The number of pyridine rings is 1. The van der Waals surface area contributed by atoms with E-state index in [1.165, 1.54) is 12.8 Å². The molecule has 8 heteroatoms. The highest BCUT2D eigenvalue weighted by Crippen LogP contribution is 2.40. The number of carbonyl (C=O) groups is 2. The van der Waals surface area contributed by atoms with Crippen LogP contribution in [0.3, 0.4) is 0 Å². The normalized spacial score (nSPS) is 18.9. The van der Waals surface area contributed by atoms with Crippen molar-refractivity contribution in [2.24, 2.45) is 0 Å². The number of nitrogens with zero attached hydrogens (tertiary/aromatic N) is 5. The zero-order chi connectivity index (χ0) is 24.5. The third-order valence-corrected chi connectivity index (χ3v) is 6.58. The lowest BCUT2D eigenvalue weighted by molar-refractivity contribution is -0.154. The Hall–Kier alpha value is -3.03. The molecule has 1 atom stereocenters. The number of esters is 1. The molecule has 8 nitrogen and oxygen atoms in total. The van der Waals surface area contributed by atoms with Crippen LogP contribution in [-0.4, -0.2) is 51.6 Å². The molecule has 1 amide bonds. The standard InChI is InChI=1S/C26H35N5O3/c1-6-20-25(33)30(5)21-16-28-23(29-24(21)31(20)18-9-7-8-10-18)19-13-14-27-15-17(19)11-12-22(32)34-26(2,3)4/h13-16,18,20H,6-12H2,1-5H3/t20-/m1/s1. The molecule has 0 aromatic carbocycles. The summed E-state index contributed by atoms with van der Waals surface area (Å²) >= 11 is 0. The molecule has 0 saturated heterocycles. The van der Waals surface area contributed by atoms with E-state index < -0.39 is 5.60 Å². The van der Waals surface area contributed by atoms with E-state index in [0.717, 1.165) is 41.9 Å². The maximum atomic E-state index is 13.1. The molecule has 1 aliphatic heterocycles. The highest BCUT2D eigenvalue weighted by Gasteiger charge is 2.41. The van der Waals surface area contributed by atoms with Gasteiger partial charge in [0.1, 0.15) is 17.3 Å². The molecule has 2 aromatic rings. The first-order chi connectivity index (χ1) is 16.2. The van der Waals surface area contributed by atoms with Crippen molar-refractivity contribution in [3.8, 4) is 11.4 Å². The summed E-state index contributed by atoms with van der Waals surface area (Å²) in [5, 5.41) is 0. The van der Waals surface area contributed by atoms with Crippen LogP contribution in [0.25, 0.3) is 11.4 Å². The van der Waals surface area contributed by atoms with E-state index in [-0.39, 0.29) is 24.3 Å². The van der Waals surface area contributed by atoms with Crippen molar-refractivity contribution in [2.45, 2.75) is 90.3 Å². The molecule has 0 N–H and O–H groups in total. The minimum atomic E-state index is -0.514. The first kappa shape index (κ1) is 24.1. The predicted molar refractivity (Wildman–Crippen MR) is 132 cm³/mol. The second-order valence-corrected chi connectivity index (χ2v) is 10.2. The van der Waals surface area contributed by atoms with Gasteiger partial charge in [-0.3, -0.25) is 14.6 Å². The van der Waals surface area contributed by atoms with E-state index in [2.05, 4.69) is 21.8 Å². The van der Waals surface area contributed by atoms with Gasteiger partial charge in [-0.2, -0.15) is 0 Å². The van der Waals surface area contributed by atoms with Crippen molar-refractivity contribution in [1.82, 2.24) is 15.0 Å². The first-order valence-corrected chi connectivity index (χ1v) is 12.3. The van der Waals surface area contributed by atoms with E-state index >= 15 is 0 Å². The van der Waals surface area contributed by atoms with Crippen LogP contribution in [0.2, 0.25) is 0 Å². The van der Waals surface area contributed by atoms with Crippen molar-refractivity contribution < 1.29 is 14.3 Å². The number of hydrogen-bond acceptors (Lipinski definition) is 7. The number of rotatable bonds is 6. The molecule has 0 bridgehead atoms. The number of ether oxygens (including phenoxy) is 1. The van der Waals surface area contributed by atoms with Gasteiger partial charge in [0.25, 0.3) is 0 Å². The van der Waals surface area contributed by atoms with Gasteiger partial charge in [-0.15, -0.1) is 0 Å². The second kappa shape index (κ2) is 9.68. The van der Waals surface area contributed by atoms with Crippen molar-refractivity contribution in [2.75, 3.05) is 16.8 Å². The van der Waals surface area contributed by atoms with Crippen molar-refractivity contribution in [3.63, 3.8) is 0 Å². The van der Waals surface area contributed by atoms with Crippen LogP contribution in [-0.2, 0) is 20.7 Å². The molecule has 2 aromatic heterocycles. The number of likely N-dealkylation sites (N-methyl/N-ethyl adjacent to an activating group) is 1. The van der Waals surface area contributed by atoms with Crippen LogP contribution in [0.1, 0.15) is 71.8 Å². The van der Waals surface area contributed by atoms with E-state index in [1.54, 1.807) is 30.5 Å². The monoisotopic (exact) mass is 465 g/mol. The number of hydrogen-bond donors (Lipinski definition) is 0. The molecule has 0 spiro atoms. The quantitative estimate of drug-likeness (QED) is 0.587. The van der Waals surface area contributed by atoms with Crippen molar-refractivity contribution in [1.29, 1.82) is 0 Å². The summed E-state index contributed by atoms with van der Waals surface area (Å²) < 4.78 is 5.46. The summed E-state index contributed by atoms with van der Waals surface area (Å²) in [6.07, 6.45) is 11.2. The lowest BCUT2D eigenvalue weighted by Gasteiger charge is -2.43. The number of amides is 1. The molecule has 0 radical (unpaired) electrons. The second-order valence-electron chi connectivity index (χ2n) is 10.2. The molecule has 4 rings (SSSR count). The number of aryl methyl sites for hydroxylation is 1. The van der Waals surface area contributed by atoms with E-state index in [1.807, 2.05) is 26.8 Å². The summed E-state index contributed by atoms with van der Waals surface area (Å²) in [5.41, 5.74) is 1.97. The summed E-state index contributed by atoms with van der Waals surface area (Å²) in [5.74, 6) is 1.26. The van der Waals surface area contributed by atoms with Crippen molar-refractivity contribution >= 4 is 23.4 Å². The largest absolute Gasteiger partial charge is 0.460 e. The van der Waals surface area contributed by atoms with Gasteiger partial charge in [0.15, 0.2) is 11.6 Å². The van der Waals surface area contributed by atoms with E-state index in [4.69, 9.17) is 9.72 Å². The highest BCUT2D eigenvalue weighted by atomic mass is 16.6. The average Bonchev–Trinajstić information content (AvgIpc) is 3.33.